The summed E-state index contributed by atoms with van der Waals surface area (Å²) < 4.78 is 11.9. The van der Waals surface area contributed by atoms with Crippen LogP contribution in [0.2, 0.25) is 0 Å². The highest BCUT2D eigenvalue weighted by atomic mass is 16.5. The predicted octanol–water partition coefficient (Wildman–Crippen LogP) is 8.31. The number of carbonyl (C=O) groups is 4. The third kappa shape index (κ3) is 5.08. The Morgan fingerprint density at radius 2 is 1.54 bits per heavy atom. The Labute approximate surface area is 287 Å². The summed E-state index contributed by atoms with van der Waals surface area (Å²) in [5.74, 6) is 1.65. The Balaban J connectivity index is 1.00. The van der Waals surface area contributed by atoms with Crippen molar-refractivity contribution < 1.29 is 28.7 Å². The molecule has 12 unspecified atom stereocenters. The SMILES string of the molecule is CC(C)C1=C2C3CCC4C(C)(CCC5C(C)C(OC(=O)C6CC(C(=O)OCc7ccccc7)C6C)CCC54C)C3CCC2(C=O)CC1=O. The topological polar surface area (TPSA) is 86.7 Å². The van der Waals surface area contributed by atoms with Crippen LogP contribution in [0.1, 0.15) is 111 Å². The van der Waals surface area contributed by atoms with Crippen LogP contribution in [-0.2, 0) is 35.3 Å². The number of rotatable bonds is 7. The normalized spacial score (nSPS) is 43.3. The zero-order valence-corrected chi connectivity index (χ0v) is 30.0. The van der Waals surface area contributed by atoms with Crippen LogP contribution in [0.5, 0.6) is 0 Å². The maximum absolute atomic E-state index is 13.5. The first kappa shape index (κ1) is 33.7. The highest BCUT2D eigenvalue weighted by Gasteiger charge is 2.65. The Bertz CT molecular complexity index is 1490. The second-order valence-electron chi connectivity index (χ2n) is 17.7. The molecule has 0 bridgehead atoms. The Morgan fingerprint density at radius 3 is 2.23 bits per heavy atom. The molecule has 6 aliphatic carbocycles. The minimum atomic E-state index is -0.557. The standard InChI is InChI=1S/C42H56O6/c1-24(2)36-33(44)21-42(23-43)19-15-32-28(37(36)42)12-13-35-40(5)18-16-34(26(4)31(40)14-17-41(32,35)6)48-39(46)30-20-29(25(30)3)38(45)47-22-27-10-8-7-9-11-27/h7-11,23-26,28-32,34-35H,12-22H2,1-6H3. The van der Waals surface area contributed by atoms with Crippen molar-refractivity contribution in [3.8, 4) is 0 Å². The molecule has 7 rings (SSSR count). The molecule has 0 aliphatic heterocycles. The Hall–Kier alpha value is -2.76. The lowest BCUT2D eigenvalue weighted by molar-refractivity contribution is -0.197. The number of hydrogen-bond acceptors (Lipinski definition) is 6. The number of Topliss-reactive ketones (excluding diaryl/α,β-unsaturated/α-hetero) is 1. The van der Waals surface area contributed by atoms with Crippen LogP contribution in [0.4, 0.5) is 0 Å². The van der Waals surface area contributed by atoms with Gasteiger partial charge in [-0.05, 0) is 127 Å². The van der Waals surface area contributed by atoms with E-state index in [1.165, 1.54) is 5.57 Å². The van der Waals surface area contributed by atoms with Gasteiger partial charge < -0.3 is 14.3 Å². The van der Waals surface area contributed by atoms with Crippen LogP contribution in [0.25, 0.3) is 0 Å². The number of aldehydes is 1. The maximum atomic E-state index is 13.5. The van der Waals surface area contributed by atoms with Crippen molar-refractivity contribution in [2.75, 3.05) is 0 Å². The van der Waals surface area contributed by atoms with Gasteiger partial charge in [-0.15, -0.1) is 0 Å². The highest BCUT2D eigenvalue weighted by Crippen LogP contribution is 2.71. The van der Waals surface area contributed by atoms with Crippen molar-refractivity contribution >= 4 is 24.0 Å². The Kier molecular flexibility index (Phi) is 8.59. The fourth-order valence-electron chi connectivity index (χ4n) is 12.7. The summed E-state index contributed by atoms with van der Waals surface area (Å²) in [5, 5.41) is 0. The highest BCUT2D eigenvalue weighted by molar-refractivity contribution is 6.03. The van der Waals surface area contributed by atoms with E-state index in [1.807, 2.05) is 37.3 Å². The molecule has 1 aromatic rings. The zero-order chi connectivity index (χ0) is 34.2. The molecule has 5 saturated carbocycles. The van der Waals surface area contributed by atoms with Crippen molar-refractivity contribution in [1.82, 2.24) is 0 Å². The second kappa shape index (κ2) is 12.2. The molecule has 0 spiro atoms. The van der Waals surface area contributed by atoms with Gasteiger partial charge >= 0.3 is 11.9 Å². The molecule has 6 aliphatic rings. The molecular formula is C42H56O6. The van der Waals surface area contributed by atoms with E-state index in [4.69, 9.17) is 9.47 Å². The molecule has 0 aromatic heterocycles. The largest absolute Gasteiger partial charge is 0.462 e. The molecule has 260 valence electrons. The monoisotopic (exact) mass is 656 g/mol. The summed E-state index contributed by atoms with van der Waals surface area (Å²) in [4.78, 5) is 52.2. The van der Waals surface area contributed by atoms with Crippen LogP contribution in [-0.4, -0.2) is 30.1 Å². The average molecular weight is 657 g/mol. The van der Waals surface area contributed by atoms with Crippen molar-refractivity contribution in [2.45, 2.75) is 118 Å². The number of hydrogen-bond donors (Lipinski definition) is 0. The van der Waals surface area contributed by atoms with E-state index in [1.54, 1.807) is 0 Å². The molecule has 48 heavy (non-hydrogen) atoms. The molecule has 6 heteroatoms. The quantitative estimate of drug-likeness (QED) is 0.217. The summed E-state index contributed by atoms with van der Waals surface area (Å²) in [5.41, 5.74) is 2.98. The minimum absolute atomic E-state index is 0.0783. The summed E-state index contributed by atoms with van der Waals surface area (Å²) in [6.45, 7) is 13.9. The van der Waals surface area contributed by atoms with E-state index < -0.39 is 5.41 Å². The van der Waals surface area contributed by atoms with Crippen LogP contribution in [0.15, 0.2) is 41.5 Å². The van der Waals surface area contributed by atoms with E-state index >= 15 is 0 Å². The van der Waals surface area contributed by atoms with Gasteiger partial charge in [0.25, 0.3) is 0 Å². The van der Waals surface area contributed by atoms with E-state index in [9.17, 15) is 19.2 Å². The minimum Gasteiger partial charge on any atom is -0.462 e. The van der Waals surface area contributed by atoms with Crippen LogP contribution < -0.4 is 0 Å². The molecular weight excluding hydrogens is 600 g/mol. The molecule has 5 fully saturated rings. The zero-order valence-electron chi connectivity index (χ0n) is 30.0. The van der Waals surface area contributed by atoms with E-state index in [0.29, 0.717) is 36.5 Å². The molecule has 1 aromatic carbocycles. The van der Waals surface area contributed by atoms with Gasteiger partial charge in [0.05, 0.1) is 17.3 Å². The smallest absolute Gasteiger partial charge is 0.309 e. The molecule has 6 nitrogen and oxygen atoms in total. The summed E-state index contributed by atoms with van der Waals surface area (Å²) in [6.07, 6.45) is 10.2. The number of carbonyl (C=O) groups excluding carboxylic acids is 4. The van der Waals surface area contributed by atoms with Crippen molar-refractivity contribution in [3.63, 3.8) is 0 Å². The fourth-order valence-corrected chi connectivity index (χ4v) is 12.7. The molecule has 0 heterocycles. The van der Waals surface area contributed by atoms with Gasteiger partial charge in [0.1, 0.15) is 19.0 Å². The van der Waals surface area contributed by atoms with Crippen molar-refractivity contribution in [3.05, 3.63) is 47.0 Å². The first-order chi connectivity index (χ1) is 22.8. The van der Waals surface area contributed by atoms with E-state index in [-0.39, 0.29) is 70.9 Å². The summed E-state index contributed by atoms with van der Waals surface area (Å²) in [7, 11) is 0. The maximum Gasteiger partial charge on any atom is 0.309 e. The second-order valence-corrected chi connectivity index (χ2v) is 17.7. The number of fused-ring (bicyclic) bond motifs is 7. The van der Waals surface area contributed by atoms with Gasteiger partial charge in [-0.3, -0.25) is 14.4 Å². The lowest BCUT2D eigenvalue weighted by Gasteiger charge is -2.67. The van der Waals surface area contributed by atoms with Gasteiger partial charge in [0.15, 0.2) is 5.78 Å². The fraction of sp³-hybridized carbons (Fsp3) is 0.714. The Morgan fingerprint density at radius 1 is 0.875 bits per heavy atom. The van der Waals surface area contributed by atoms with Crippen molar-refractivity contribution in [1.29, 1.82) is 0 Å². The number of allylic oxidation sites excluding steroid dienone is 2. The lowest BCUT2D eigenvalue weighted by atomic mass is 9.38. The van der Waals surface area contributed by atoms with E-state index in [0.717, 1.165) is 68.8 Å². The summed E-state index contributed by atoms with van der Waals surface area (Å²) >= 11 is 0. The van der Waals surface area contributed by atoms with E-state index in [2.05, 4.69) is 34.6 Å². The third-order valence-corrected chi connectivity index (χ3v) is 15.3. The first-order valence-electron chi connectivity index (χ1n) is 19.0. The molecule has 0 N–H and O–H groups in total. The number of ketones is 1. The lowest BCUT2D eigenvalue weighted by Crippen LogP contribution is -2.60. The average Bonchev–Trinajstić information content (AvgIpc) is 3.37. The number of ether oxygens (including phenoxy) is 2. The van der Waals surface area contributed by atoms with Crippen LogP contribution in [0.3, 0.4) is 0 Å². The van der Waals surface area contributed by atoms with Crippen molar-refractivity contribution in [2.24, 2.45) is 69.5 Å². The third-order valence-electron chi connectivity index (χ3n) is 15.3. The van der Waals surface area contributed by atoms with Gasteiger partial charge in [0, 0.05) is 6.42 Å². The molecule has 12 atom stereocenters. The number of esters is 2. The van der Waals surface area contributed by atoms with Gasteiger partial charge in [-0.25, -0.2) is 0 Å². The summed E-state index contributed by atoms with van der Waals surface area (Å²) in [6, 6.07) is 9.69. The van der Waals surface area contributed by atoms with Crippen LogP contribution >= 0.6 is 0 Å². The molecule has 0 amide bonds. The number of benzene rings is 1. The van der Waals surface area contributed by atoms with Gasteiger partial charge in [-0.1, -0.05) is 71.9 Å². The predicted molar refractivity (Wildman–Crippen MR) is 183 cm³/mol. The first-order valence-corrected chi connectivity index (χ1v) is 19.0. The van der Waals surface area contributed by atoms with Gasteiger partial charge in [-0.2, -0.15) is 0 Å². The van der Waals surface area contributed by atoms with Crippen LogP contribution in [0, 0.1) is 69.5 Å². The molecule has 0 saturated heterocycles. The van der Waals surface area contributed by atoms with Gasteiger partial charge in [0.2, 0.25) is 0 Å². The molecule has 0 radical (unpaired) electrons.